The summed E-state index contributed by atoms with van der Waals surface area (Å²) in [5, 5.41) is 14.2. The number of methoxy groups -OCH3 is 1. The minimum Gasteiger partial charge on any atom is -0.496 e. The topological polar surface area (TPSA) is 134 Å². The fraction of sp³-hybridized carbons (Fsp3) is 0.333. The van der Waals surface area contributed by atoms with E-state index >= 15 is 0 Å². The number of anilines is 1. The summed E-state index contributed by atoms with van der Waals surface area (Å²) in [7, 11) is 1.35. The number of benzene rings is 2. The number of allylic oxidation sites excluding steroid dienone is 2. The molecule has 3 N–H and O–H groups in total. The van der Waals surface area contributed by atoms with Crippen molar-refractivity contribution < 1.29 is 24.0 Å². The van der Waals surface area contributed by atoms with Gasteiger partial charge in [-0.3, -0.25) is 19.7 Å². The fourth-order valence-corrected chi connectivity index (χ4v) is 3.16. The molecule has 0 fully saturated rings. The number of carbonyl (C=O) groups excluding carboxylic acids is 2. The number of nitrogens with one attached hydrogen (secondary N) is 1. The zero-order valence-electron chi connectivity index (χ0n) is 19.4. The Balaban J connectivity index is 2.41. The van der Waals surface area contributed by atoms with Gasteiger partial charge in [-0.15, -0.1) is 0 Å². The van der Waals surface area contributed by atoms with E-state index in [0.717, 1.165) is 0 Å². The number of non-ortho nitro benzene ring substituents is 1. The molecule has 2 aromatic carbocycles. The van der Waals surface area contributed by atoms with Crippen LogP contribution in [0.3, 0.4) is 0 Å². The van der Waals surface area contributed by atoms with Crippen molar-refractivity contribution in [2.75, 3.05) is 12.4 Å². The van der Waals surface area contributed by atoms with Crippen molar-refractivity contribution in [3.05, 3.63) is 69.4 Å². The molecule has 0 unspecified atom stereocenters. The van der Waals surface area contributed by atoms with Crippen molar-refractivity contribution >= 4 is 23.1 Å². The molecule has 0 aliphatic heterocycles. The van der Waals surface area contributed by atoms with Crippen LogP contribution in [-0.4, -0.2) is 29.8 Å². The van der Waals surface area contributed by atoms with Crippen LogP contribution in [-0.2, 0) is 0 Å². The highest BCUT2D eigenvalue weighted by molar-refractivity contribution is 6.07. The molecule has 0 radical (unpaired) electrons. The molecule has 0 heterocycles. The standard InChI is InChI=1S/C24H29N3O6/c1-14(2)10-17(11-21(28)19-9-7-18(27(30)31)13-22(19)32-5)26-16-6-8-20(24(25)29)23(12-16)33-15(3)4/h6-9,11-15,26H,10H2,1-5H3,(H2,25,29)/b17-11-. The maximum Gasteiger partial charge on any atom is 0.273 e. The first-order valence-electron chi connectivity index (χ1n) is 10.5. The van der Waals surface area contributed by atoms with E-state index in [1.807, 2.05) is 27.7 Å². The van der Waals surface area contributed by atoms with Gasteiger partial charge in [0.2, 0.25) is 0 Å². The molecular formula is C24H29N3O6. The van der Waals surface area contributed by atoms with Gasteiger partial charge < -0.3 is 20.5 Å². The van der Waals surface area contributed by atoms with Gasteiger partial charge in [0, 0.05) is 29.6 Å². The Kier molecular flexibility index (Phi) is 8.56. The van der Waals surface area contributed by atoms with E-state index in [0.29, 0.717) is 23.6 Å². The summed E-state index contributed by atoms with van der Waals surface area (Å²) in [6.45, 7) is 7.70. The molecule has 2 rings (SSSR count). The van der Waals surface area contributed by atoms with Gasteiger partial charge in [0.1, 0.15) is 11.5 Å². The van der Waals surface area contributed by atoms with E-state index in [4.69, 9.17) is 15.2 Å². The van der Waals surface area contributed by atoms with Crippen LogP contribution in [0.25, 0.3) is 0 Å². The van der Waals surface area contributed by atoms with Crippen LogP contribution in [0.2, 0.25) is 0 Å². The molecular weight excluding hydrogens is 426 g/mol. The Hall–Kier alpha value is -3.88. The summed E-state index contributed by atoms with van der Waals surface area (Å²) < 4.78 is 10.9. The number of amides is 1. The lowest BCUT2D eigenvalue weighted by Gasteiger charge is -2.17. The van der Waals surface area contributed by atoms with Gasteiger partial charge in [-0.2, -0.15) is 0 Å². The molecule has 0 aliphatic carbocycles. The van der Waals surface area contributed by atoms with Gasteiger partial charge in [0.25, 0.3) is 11.6 Å². The summed E-state index contributed by atoms with van der Waals surface area (Å²) in [5.74, 6) is -0.276. The van der Waals surface area contributed by atoms with Crippen molar-refractivity contribution in [1.29, 1.82) is 0 Å². The SMILES string of the molecule is COc1cc([N+](=O)[O-])ccc1C(=O)/C=C(/CC(C)C)Nc1ccc(C(N)=O)c(OC(C)C)c1. The monoisotopic (exact) mass is 455 g/mol. The van der Waals surface area contributed by atoms with E-state index in [1.165, 1.54) is 31.4 Å². The quantitative estimate of drug-likeness (QED) is 0.217. The third-order valence-corrected chi connectivity index (χ3v) is 4.51. The number of nitrogens with zero attached hydrogens (tertiary/aromatic N) is 1. The highest BCUT2D eigenvalue weighted by Crippen LogP contribution is 2.28. The van der Waals surface area contributed by atoms with Crippen molar-refractivity contribution in [2.45, 2.75) is 40.2 Å². The van der Waals surface area contributed by atoms with Crippen LogP contribution in [0, 0.1) is 16.0 Å². The number of hydrogen-bond donors (Lipinski definition) is 2. The number of ether oxygens (including phenoxy) is 2. The first-order valence-corrected chi connectivity index (χ1v) is 10.5. The highest BCUT2D eigenvalue weighted by atomic mass is 16.6. The smallest absolute Gasteiger partial charge is 0.273 e. The number of hydrogen-bond acceptors (Lipinski definition) is 7. The number of carbonyl (C=O) groups is 2. The summed E-state index contributed by atoms with van der Waals surface area (Å²) >= 11 is 0. The maximum atomic E-state index is 13.0. The minimum absolute atomic E-state index is 0.118. The summed E-state index contributed by atoms with van der Waals surface area (Å²) in [6, 6.07) is 8.76. The van der Waals surface area contributed by atoms with Gasteiger partial charge in [-0.1, -0.05) is 13.8 Å². The summed E-state index contributed by atoms with van der Waals surface area (Å²) in [5.41, 5.74) is 6.99. The van der Waals surface area contributed by atoms with E-state index in [2.05, 4.69) is 5.32 Å². The Bertz CT molecular complexity index is 1080. The number of nitro benzene ring substituents is 1. The van der Waals surface area contributed by atoms with Crippen LogP contribution < -0.4 is 20.5 Å². The maximum absolute atomic E-state index is 13.0. The van der Waals surface area contributed by atoms with Gasteiger partial charge >= 0.3 is 0 Å². The number of nitrogens with two attached hydrogens (primary N) is 1. The Labute approximate surface area is 192 Å². The first-order chi connectivity index (χ1) is 15.5. The first kappa shape index (κ1) is 25.4. The molecule has 9 heteroatoms. The molecule has 0 aromatic heterocycles. The van der Waals surface area contributed by atoms with Crippen molar-refractivity contribution in [3.8, 4) is 11.5 Å². The normalized spacial score (nSPS) is 11.4. The molecule has 0 saturated carbocycles. The number of ketones is 1. The molecule has 33 heavy (non-hydrogen) atoms. The Morgan fingerprint density at radius 1 is 1.09 bits per heavy atom. The van der Waals surface area contributed by atoms with Gasteiger partial charge in [0.15, 0.2) is 5.78 Å². The van der Waals surface area contributed by atoms with E-state index in [1.54, 1.807) is 18.2 Å². The molecule has 176 valence electrons. The molecule has 0 saturated heterocycles. The molecule has 0 spiro atoms. The van der Waals surface area contributed by atoms with Crippen LogP contribution in [0.4, 0.5) is 11.4 Å². The number of primary amides is 1. The van der Waals surface area contributed by atoms with Crippen molar-refractivity contribution in [3.63, 3.8) is 0 Å². The number of rotatable bonds is 11. The van der Waals surface area contributed by atoms with Crippen LogP contribution in [0.5, 0.6) is 11.5 Å². The average molecular weight is 456 g/mol. The number of nitro groups is 1. The van der Waals surface area contributed by atoms with Gasteiger partial charge in [-0.05, 0) is 44.4 Å². The lowest BCUT2D eigenvalue weighted by Crippen LogP contribution is -2.16. The molecule has 1 amide bonds. The minimum atomic E-state index is -0.601. The predicted molar refractivity (Wildman–Crippen MR) is 126 cm³/mol. The second kappa shape index (κ2) is 11.1. The fourth-order valence-electron chi connectivity index (χ4n) is 3.16. The summed E-state index contributed by atoms with van der Waals surface area (Å²) in [6.07, 6.45) is 1.83. The third kappa shape index (κ3) is 7.06. The average Bonchev–Trinajstić information content (AvgIpc) is 2.72. The molecule has 0 aliphatic rings. The molecule has 9 nitrogen and oxygen atoms in total. The zero-order chi connectivity index (χ0) is 24.7. The highest BCUT2D eigenvalue weighted by Gasteiger charge is 2.17. The lowest BCUT2D eigenvalue weighted by atomic mass is 10.0. The molecule has 0 bridgehead atoms. The molecule has 2 aromatic rings. The van der Waals surface area contributed by atoms with Crippen LogP contribution in [0.1, 0.15) is 54.8 Å². The van der Waals surface area contributed by atoms with Gasteiger partial charge in [0.05, 0.1) is 35.3 Å². The van der Waals surface area contributed by atoms with E-state index in [-0.39, 0.29) is 40.4 Å². The van der Waals surface area contributed by atoms with Crippen molar-refractivity contribution in [2.24, 2.45) is 11.7 Å². The third-order valence-electron chi connectivity index (χ3n) is 4.51. The predicted octanol–water partition coefficient (Wildman–Crippen LogP) is 4.71. The Morgan fingerprint density at radius 2 is 1.76 bits per heavy atom. The summed E-state index contributed by atoms with van der Waals surface area (Å²) in [4.78, 5) is 35.2. The Morgan fingerprint density at radius 3 is 2.30 bits per heavy atom. The zero-order valence-corrected chi connectivity index (χ0v) is 19.4. The second-order valence-corrected chi connectivity index (χ2v) is 8.14. The second-order valence-electron chi connectivity index (χ2n) is 8.14. The largest absolute Gasteiger partial charge is 0.496 e. The lowest BCUT2D eigenvalue weighted by molar-refractivity contribution is -0.384. The molecule has 0 atom stereocenters. The van der Waals surface area contributed by atoms with Crippen LogP contribution in [0.15, 0.2) is 48.2 Å². The van der Waals surface area contributed by atoms with Crippen LogP contribution >= 0.6 is 0 Å². The van der Waals surface area contributed by atoms with Crippen molar-refractivity contribution in [1.82, 2.24) is 0 Å². The van der Waals surface area contributed by atoms with Gasteiger partial charge in [-0.25, -0.2) is 0 Å². The van der Waals surface area contributed by atoms with E-state index in [9.17, 15) is 19.7 Å². The van der Waals surface area contributed by atoms with E-state index < -0.39 is 10.8 Å².